The Hall–Kier alpha value is -2.90. The molecule has 29 heavy (non-hydrogen) atoms. The van der Waals surface area contributed by atoms with Crippen LogP contribution in [-0.2, 0) is 9.59 Å². The van der Waals surface area contributed by atoms with Gasteiger partial charge in [-0.15, -0.1) is 0 Å². The minimum atomic E-state index is -0.286. The molecule has 1 unspecified atom stereocenters. The van der Waals surface area contributed by atoms with Gasteiger partial charge in [0.1, 0.15) is 11.8 Å². The van der Waals surface area contributed by atoms with E-state index in [0.717, 1.165) is 49.4 Å². The van der Waals surface area contributed by atoms with E-state index in [0.29, 0.717) is 19.7 Å². The second-order valence-electron chi connectivity index (χ2n) is 7.82. The van der Waals surface area contributed by atoms with Crippen LogP contribution in [0.1, 0.15) is 32.6 Å². The summed E-state index contributed by atoms with van der Waals surface area (Å²) in [5.74, 6) is 1.08. The van der Waals surface area contributed by atoms with Crippen molar-refractivity contribution in [2.45, 2.75) is 38.6 Å². The fourth-order valence-electron chi connectivity index (χ4n) is 4.25. The first-order valence-corrected chi connectivity index (χ1v) is 10.3. The predicted octanol–water partition coefficient (Wildman–Crippen LogP) is 2.10. The van der Waals surface area contributed by atoms with Crippen LogP contribution in [0.25, 0.3) is 11.4 Å². The number of hydrogen-bond donors (Lipinski definition) is 1. The number of likely N-dealkylation sites (tertiary alicyclic amines) is 2. The molecule has 0 bridgehead atoms. The highest BCUT2D eigenvalue weighted by atomic mass is 16.5. The molecule has 8 nitrogen and oxygen atoms in total. The third-order valence-corrected chi connectivity index (χ3v) is 5.77. The zero-order valence-corrected chi connectivity index (χ0v) is 16.7. The van der Waals surface area contributed by atoms with Gasteiger partial charge >= 0.3 is 0 Å². The first kappa shape index (κ1) is 19.4. The molecular weight excluding hydrogens is 370 g/mol. The van der Waals surface area contributed by atoms with Crippen LogP contribution in [0.5, 0.6) is 5.75 Å². The number of amides is 2. The Morgan fingerprint density at radius 1 is 1.21 bits per heavy atom. The van der Waals surface area contributed by atoms with Crippen LogP contribution in [0.15, 0.2) is 30.6 Å². The molecule has 2 aromatic rings. The number of ether oxygens (including phenoxy) is 1. The van der Waals surface area contributed by atoms with Gasteiger partial charge in [0.2, 0.25) is 11.8 Å². The summed E-state index contributed by atoms with van der Waals surface area (Å²) in [6.07, 6.45) is 7.07. The van der Waals surface area contributed by atoms with Gasteiger partial charge in [0.15, 0.2) is 0 Å². The maximum absolute atomic E-state index is 13.0. The molecule has 4 heterocycles. The van der Waals surface area contributed by atoms with Gasteiger partial charge in [0.25, 0.3) is 0 Å². The minimum absolute atomic E-state index is 0.0104. The molecule has 2 amide bonds. The summed E-state index contributed by atoms with van der Waals surface area (Å²) in [5, 5.41) is 6.82. The zero-order valence-electron chi connectivity index (χ0n) is 16.7. The molecular formula is C21H27N5O3. The van der Waals surface area contributed by atoms with E-state index >= 15 is 0 Å². The van der Waals surface area contributed by atoms with Crippen LogP contribution in [0.2, 0.25) is 0 Å². The van der Waals surface area contributed by atoms with Gasteiger partial charge in [0, 0.05) is 38.7 Å². The monoisotopic (exact) mass is 397 g/mol. The zero-order chi connectivity index (χ0) is 20.2. The van der Waals surface area contributed by atoms with Crippen LogP contribution in [0.3, 0.4) is 0 Å². The fourth-order valence-corrected chi connectivity index (χ4v) is 4.25. The SMILES string of the molecule is CC(=O)N1CCCC1C(=O)N1CCC[C@@H](COc2ccc(-c3ccn[nH]3)nc2)C1. The lowest BCUT2D eigenvalue weighted by Crippen LogP contribution is -2.50. The molecule has 0 saturated carbocycles. The standard InChI is InChI=1S/C21H27N5O3/c1-15(27)26-11-3-5-20(26)21(28)25-10-2-4-16(13-25)14-29-17-6-7-18(22-12-17)19-8-9-23-24-19/h6-9,12,16,20H,2-5,10-11,13-14H2,1H3,(H,23,24)/t16-,20?/m1/s1. The molecule has 154 valence electrons. The number of nitrogens with one attached hydrogen (secondary N) is 1. The van der Waals surface area contributed by atoms with Crippen molar-refractivity contribution < 1.29 is 14.3 Å². The normalized spacial score (nSPS) is 22.0. The van der Waals surface area contributed by atoms with Gasteiger partial charge in [-0.1, -0.05) is 0 Å². The minimum Gasteiger partial charge on any atom is -0.492 e. The molecule has 4 rings (SSSR count). The lowest BCUT2D eigenvalue weighted by atomic mass is 9.98. The number of aromatic nitrogens is 3. The summed E-state index contributed by atoms with van der Waals surface area (Å²) in [6, 6.07) is 5.38. The smallest absolute Gasteiger partial charge is 0.245 e. The Kier molecular flexibility index (Phi) is 5.78. The van der Waals surface area contributed by atoms with Crippen molar-refractivity contribution in [3.05, 3.63) is 30.6 Å². The Morgan fingerprint density at radius 3 is 2.79 bits per heavy atom. The van der Waals surface area contributed by atoms with Crippen molar-refractivity contribution in [3.63, 3.8) is 0 Å². The van der Waals surface area contributed by atoms with Crippen LogP contribution in [0, 0.1) is 5.92 Å². The summed E-state index contributed by atoms with van der Waals surface area (Å²) in [6.45, 7) is 4.23. The molecule has 2 aromatic heterocycles. The Labute approximate surface area is 170 Å². The van der Waals surface area contributed by atoms with E-state index in [9.17, 15) is 9.59 Å². The average Bonchev–Trinajstić information content (AvgIpc) is 3.44. The topological polar surface area (TPSA) is 91.4 Å². The highest BCUT2D eigenvalue weighted by Crippen LogP contribution is 2.24. The number of aromatic amines is 1. The van der Waals surface area contributed by atoms with E-state index in [-0.39, 0.29) is 23.8 Å². The highest BCUT2D eigenvalue weighted by molar-refractivity contribution is 5.87. The fraction of sp³-hybridized carbons (Fsp3) is 0.524. The molecule has 8 heteroatoms. The number of hydrogen-bond acceptors (Lipinski definition) is 5. The lowest BCUT2D eigenvalue weighted by Gasteiger charge is -2.36. The van der Waals surface area contributed by atoms with E-state index in [4.69, 9.17) is 4.74 Å². The lowest BCUT2D eigenvalue weighted by molar-refractivity contribution is -0.144. The number of rotatable bonds is 5. The van der Waals surface area contributed by atoms with Gasteiger partial charge < -0.3 is 14.5 Å². The summed E-state index contributed by atoms with van der Waals surface area (Å²) in [5.41, 5.74) is 1.68. The maximum atomic E-state index is 13.0. The van der Waals surface area contributed by atoms with Crippen LogP contribution in [-0.4, -0.2) is 69.1 Å². The van der Waals surface area contributed by atoms with Gasteiger partial charge in [0.05, 0.1) is 24.2 Å². The molecule has 2 atom stereocenters. The molecule has 2 aliphatic heterocycles. The number of pyridine rings is 1. The summed E-state index contributed by atoms with van der Waals surface area (Å²) >= 11 is 0. The highest BCUT2D eigenvalue weighted by Gasteiger charge is 2.36. The van der Waals surface area contributed by atoms with Crippen molar-refractivity contribution in [1.82, 2.24) is 25.0 Å². The van der Waals surface area contributed by atoms with Gasteiger partial charge in [-0.3, -0.25) is 19.7 Å². The maximum Gasteiger partial charge on any atom is 0.245 e. The number of H-pyrrole nitrogens is 1. The average molecular weight is 397 g/mol. The quantitative estimate of drug-likeness (QED) is 0.834. The van der Waals surface area contributed by atoms with E-state index in [1.807, 2.05) is 23.1 Å². The molecule has 1 N–H and O–H groups in total. The van der Waals surface area contributed by atoms with Crippen LogP contribution in [0.4, 0.5) is 0 Å². The van der Waals surface area contributed by atoms with Crippen molar-refractivity contribution in [3.8, 4) is 17.1 Å². The number of nitrogens with zero attached hydrogens (tertiary/aromatic N) is 4. The largest absolute Gasteiger partial charge is 0.492 e. The number of piperidine rings is 1. The van der Waals surface area contributed by atoms with Crippen LogP contribution >= 0.6 is 0 Å². The van der Waals surface area contributed by atoms with Crippen molar-refractivity contribution in [2.24, 2.45) is 5.92 Å². The van der Waals surface area contributed by atoms with E-state index < -0.39 is 0 Å². The Balaban J connectivity index is 1.31. The van der Waals surface area contributed by atoms with E-state index in [1.165, 1.54) is 0 Å². The first-order chi connectivity index (χ1) is 14.1. The summed E-state index contributed by atoms with van der Waals surface area (Å²) in [7, 11) is 0. The van der Waals surface area contributed by atoms with Gasteiger partial charge in [-0.2, -0.15) is 5.10 Å². The summed E-state index contributed by atoms with van der Waals surface area (Å²) < 4.78 is 5.94. The molecule has 0 spiro atoms. The molecule has 0 aromatic carbocycles. The summed E-state index contributed by atoms with van der Waals surface area (Å²) in [4.78, 5) is 32.8. The van der Waals surface area contributed by atoms with Crippen molar-refractivity contribution in [2.75, 3.05) is 26.2 Å². The van der Waals surface area contributed by atoms with E-state index in [2.05, 4.69) is 15.2 Å². The molecule has 2 aliphatic rings. The van der Waals surface area contributed by atoms with E-state index in [1.54, 1.807) is 24.2 Å². The van der Waals surface area contributed by atoms with Gasteiger partial charge in [-0.25, -0.2) is 0 Å². The number of carbonyl (C=O) groups is 2. The molecule has 0 aliphatic carbocycles. The molecule has 0 radical (unpaired) electrons. The molecule has 2 saturated heterocycles. The third-order valence-electron chi connectivity index (χ3n) is 5.77. The van der Waals surface area contributed by atoms with Crippen molar-refractivity contribution in [1.29, 1.82) is 0 Å². The number of carbonyl (C=O) groups excluding carboxylic acids is 2. The second kappa shape index (κ2) is 8.63. The third kappa shape index (κ3) is 4.41. The van der Waals surface area contributed by atoms with Crippen molar-refractivity contribution >= 4 is 11.8 Å². The predicted molar refractivity (Wildman–Crippen MR) is 107 cm³/mol. The second-order valence-corrected chi connectivity index (χ2v) is 7.82. The Morgan fingerprint density at radius 2 is 2.07 bits per heavy atom. The molecule has 2 fully saturated rings. The first-order valence-electron chi connectivity index (χ1n) is 10.3. The van der Waals surface area contributed by atoms with Crippen LogP contribution < -0.4 is 4.74 Å². The van der Waals surface area contributed by atoms with Gasteiger partial charge in [-0.05, 0) is 43.9 Å². The Bertz CT molecular complexity index is 837.